The van der Waals surface area contributed by atoms with E-state index >= 15 is 0 Å². The third-order valence-electron chi connectivity index (χ3n) is 6.04. The van der Waals surface area contributed by atoms with Gasteiger partial charge in [0.05, 0.1) is 22.1 Å². The molecule has 1 aliphatic rings. The molecule has 0 spiro atoms. The Bertz CT molecular complexity index is 1120. The summed E-state index contributed by atoms with van der Waals surface area (Å²) in [5, 5.41) is 3.24. The molecule has 1 saturated carbocycles. The molecule has 4 heteroatoms. The maximum atomic E-state index is 13.6. The normalized spacial score (nSPS) is 15.4. The molecule has 1 aromatic heterocycles. The Labute approximate surface area is 170 Å². The van der Waals surface area contributed by atoms with E-state index in [1.165, 1.54) is 0 Å². The summed E-state index contributed by atoms with van der Waals surface area (Å²) >= 11 is 0. The standard InChI is InChI=1S/C25H23N3O/c29-24(25(16-8-9-17-25)18-10-2-1-3-11-18)28-20-13-5-4-12-19(20)23-26-21-14-6-7-15-22(21)27-23/h1-7,10-15H,8-9,16-17H2,(H,26,27)(H,28,29). The summed E-state index contributed by atoms with van der Waals surface area (Å²) in [6.45, 7) is 0. The SMILES string of the molecule is O=C(Nc1ccccc1-c1nc2ccccc2[nH]1)C1(c2ccccc2)CCCC1. The first kappa shape index (κ1) is 17.7. The van der Waals surface area contributed by atoms with E-state index in [9.17, 15) is 4.79 Å². The van der Waals surface area contributed by atoms with E-state index < -0.39 is 5.41 Å². The van der Waals surface area contributed by atoms with E-state index in [2.05, 4.69) is 22.4 Å². The van der Waals surface area contributed by atoms with Crippen LogP contribution in [-0.4, -0.2) is 15.9 Å². The summed E-state index contributed by atoms with van der Waals surface area (Å²) < 4.78 is 0. The van der Waals surface area contributed by atoms with Crippen LogP contribution in [0.25, 0.3) is 22.4 Å². The van der Waals surface area contributed by atoms with E-state index in [4.69, 9.17) is 4.98 Å². The average molecular weight is 381 g/mol. The summed E-state index contributed by atoms with van der Waals surface area (Å²) in [7, 11) is 0. The third-order valence-corrected chi connectivity index (χ3v) is 6.04. The molecule has 29 heavy (non-hydrogen) atoms. The molecule has 1 amide bonds. The van der Waals surface area contributed by atoms with Gasteiger partial charge in [0.1, 0.15) is 5.82 Å². The fourth-order valence-corrected chi connectivity index (χ4v) is 4.50. The molecule has 5 rings (SSSR count). The average Bonchev–Trinajstić information content (AvgIpc) is 3.43. The molecular weight excluding hydrogens is 358 g/mol. The van der Waals surface area contributed by atoms with Gasteiger partial charge in [0.25, 0.3) is 0 Å². The summed E-state index contributed by atoms with van der Waals surface area (Å²) in [5.41, 5.74) is 4.25. The number of amides is 1. The maximum Gasteiger partial charge on any atom is 0.235 e. The Hall–Kier alpha value is -3.40. The number of rotatable bonds is 4. The molecule has 1 fully saturated rings. The number of nitrogens with zero attached hydrogens (tertiary/aromatic N) is 1. The second-order valence-corrected chi connectivity index (χ2v) is 7.76. The quantitative estimate of drug-likeness (QED) is 0.478. The van der Waals surface area contributed by atoms with Crippen molar-refractivity contribution in [3.63, 3.8) is 0 Å². The minimum absolute atomic E-state index is 0.0739. The number of carbonyl (C=O) groups excluding carboxylic acids is 1. The van der Waals surface area contributed by atoms with Crippen molar-refractivity contribution in [1.29, 1.82) is 0 Å². The molecule has 3 aromatic carbocycles. The summed E-state index contributed by atoms with van der Waals surface area (Å²) in [4.78, 5) is 21.6. The van der Waals surface area contributed by atoms with Crippen LogP contribution in [0.3, 0.4) is 0 Å². The number of anilines is 1. The highest BCUT2D eigenvalue weighted by molar-refractivity contribution is 6.02. The van der Waals surface area contributed by atoms with Crippen LogP contribution in [-0.2, 0) is 10.2 Å². The van der Waals surface area contributed by atoms with Crippen molar-refractivity contribution >= 4 is 22.6 Å². The fourth-order valence-electron chi connectivity index (χ4n) is 4.50. The van der Waals surface area contributed by atoms with Gasteiger partial charge in [-0.1, -0.05) is 67.4 Å². The van der Waals surface area contributed by atoms with Gasteiger partial charge in [-0.25, -0.2) is 4.98 Å². The van der Waals surface area contributed by atoms with Crippen LogP contribution in [0.4, 0.5) is 5.69 Å². The van der Waals surface area contributed by atoms with Crippen molar-refractivity contribution in [2.45, 2.75) is 31.1 Å². The van der Waals surface area contributed by atoms with Crippen LogP contribution in [0.1, 0.15) is 31.2 Å². The van der Waals surface area contributed by atoms with Crippen molar-refractivity contribution in [1.82, 2.24) is 9.97 Å². The zero-order valence-corrected chi connectivity index (χ0v) is 16.2. The molecule has 144 valence electrons. The van der Waals surface area contributed by atoms with Gasteiger partial charge in [-0.3, -0.25) is 4.79 Å². The Kier molecular flexibility index (Phi) is 4.39. The molecule has 1 aliphatic carbocycles. The number of nitrogens with one attached hydrogen (secondary N) is 2. The lowest BCUT2D eigenvalue weighted by Crippen LogP contribution is -2.38. The lowest BCUT2D eigenvalue weighted by molar-refractivity contribution is -0.121. The number of para-hydroxylation sites is 3. The molecule has 0 radical (unpaired) electrons. The van der Waals surface area contributed by atoms with E-state index in [-0.39, 0.29) is 5.91 Å². The zero-order chi connectivity index (χ0) is 19.7. The van der Waals surface area contributed by atoms with Crippen molar-refractivity contribution < 1.29 is 4.79 Å². The maximum absolute atomic E-state index is 13.6. The summed E-state index contributed by atoms with van der Waals surface area (Å²) in [6, 6.07) is 26.0. The van der Waals surface area contributed by atoms with E-state index in [1.54, 1.807) is 0 Å². The molecule has 4 nitrogen and oxygen atoms in total. The van der Waals surface area contributed by atoms with Crippen LogP contribution >= 0.6 is 0 Å². The molecule has 0 atom stereocenters. The first-order chi connectivity index (χ1) is 14.3. The van der Waals surface area contributed by atoms with Gasteiger partial charge >= 0.3 is 0 Å². The number of benzene rings is 3. The molecule has 2 N–H and O–H groups in total. The second kappa shape index (κ2) is 7.21. The minimum atomic E-state index is -0.456. The smallest absolute Gasteiger partial charge is 0.235 e. The molecule has 1 heterocycles. The topological polar surface area (TPSA) is 57.8 Å². The number of fused-ring (bicyclic) bond motifs is 1. The van der Waals surface area contributed by atoms with Gasteiger partial charge in [0.15, 0.2) is 0 Å². The van der Waals surface area contributed by atoms with Gasteiger partial charge in [-0.15, -0.1) is 0 Å². The summed E-state index contributed by atoms with van der Waals surface area (Å²) in [6.07, 6.45) is 3.92. The largest absolute Gasteiger partial charge is 0.338 e. The van der Waals surface area contributed by atoms with Crippen LogP contribution < -0.4 is 5.32 Å². The Morgan fingerprint density at radius 1 is 0.862 bits per heavy atom. The van der Waals surface area contributed by atoms with Crippen LogP contribution in [0, 0.1) is 0 Å². The first-order valence-corrected chi connectivity index (χ1v) is 10.2. The molecule has 0 bridgehead atoms. The van der Waals surface area contributed by atoms with Crippen LogP contribution in [0.2, 0.25) is 0 Å². The fraction of sp³-hybridized carbons (Fsp3) is 0.200. The van der Waals surface area contributed by atoms with Crippen LogP contribution in [0.5, 0.6) is 0 Å². The van der Waals surface area contributed by atoms with E-state index in [1.807, 2.05) is 66.7 Å². The monoisotopic (exact) mass is 381 g/mol. The van der Waals surface area contributed by atoms with Gasteiger partial charge in [-0.2, -0.15) is 0 Å². The number of hydrogen-bond acceptors (Lipinski definition) is 2. The second-order valence-electron chi connectivity index (χ2n) is 7.76. The Morgan fingerprint density at radius 3 is 2.34 bits per heavy atom. The molecule has 0 unspecified atom stereocenters. The Balaban J connectivity index is 1.51. The van der Waals surface area contributed by atoms with Gasteiger partial charge < -0.3 is 10.3 Å². The minimum Gasteiger partial charge on any atom is -0.338 e. The number of imidazole rings is 1. The number of aromatic amines is 1. The Morgan fingerprint density at radius 2 is 1.55 bits per heavy atom. The molecule has 0 aliphatic heterocycles. The van der Waals surface area contributed by atoms with Crippen molar-refractivity contribution in [2.75, 3.05) is 5.32 Å². The van der Waals surface area contributed by atoms with Crippen molar-refractivity contribution in [3.8, 4) is 11.4 Å². The number of carbonyl (C=O) groups is 1. The van der Waals surface area contributed by atoms with E-state index in [0.717, 1.165) is 59.4 Å². The first-order valence-electron chi connectivity index (χ1n) is 10.2. The molecular formula is C25H23N3O. The third kappa shape index (κ3) is 3.11. The molecule has 4 aromatic rings. The number of H-pyrrole nitrogens is 1. The lowest BCUT2D eigenvalue weighted by atomic mass is 9.78. The molecule has 0 saturated heterocycles. The van der Waals surface area contributed by atoms with Gasteiger partial charge in [-0.05, 0) is 42.7 Å². The van der Waals surface area contributed by atoms with Crippen LogP contribution in [0.15, 0.2) is 78.9 Å². The highest BCUT2D eigenvalue weighted by Gasteiger charge is 2.42. The predicted octanol–water partition coefficient (Wildman–Crippen LogP) is 5.68. The lowest BCUT2D eigenvalue weighted by Gasteiger charge is -2.28. The highest BCUT2D eigenvalue weighted by Crippen LogP contribution is 2.42. The number of aromatic nitrogens is 2. The number of hydrogen-bond donors (Lipinski definition) is 2. The highest BCUT2D eigenvalue weighted by atomic mass is 16.2. The van der Waals surface area contributed by atoms with E-state index in [0.29, 0.717) is 0 Å². The van der Waals surface area contributed by atoms with Gasteiger partial charge in [0.2, 0.25) is 5.91 Å². The summed E-state index contributed by atoms with van der Waals surface area (Å²) in [5.74, 6) is 0.840. The van der Waals surface area contributed by atoms with Gasteiger partial charge in [0, 0.05) is 5.56 Å². The van der Waals surface area contributed by atoms with Crippen molar-refractivity contribution in [2.24, 2.45) is 0 Å². The zero-order valence-electron chi connectivity index (χ0n) is 16.2. The predicted molar refractivity (Wildman–Crippen MR) is 117 cm³/mol. The van der Waals surface area contributed by atoms with Crippen molar-refractivity contribution in [3.05, 3.63) is 84.4 Å².